The summed E-state index contributed by atoms with van der Waals surface area (Å²) in [6.45, 7) is 7.16. The van der Waals surface area contributed by atoms with Gasteiger partial charge in [0.2, 0.25) is 5.95 Å². The summed E-state index contributed by atoms with van der Waals surface area (Å²) in [7, 11) is 1.95. The Morgan fingerprint density at radius 1 is 1.07 bits per heavy atom. The van der Waals surface area contributed by atoms with E-state index in [1.165, 1.54) is 6.33 Å². The van der Waals surface area contributed by atoms with Crippen molar-refractivity contribution >= 4 is 45.5 Å². The van der Waals surface area contributed by atoms with Crippen LogP contribution in [-0.4, -0.2) is 54.1 Å². The highest BCUT2D eigenvalue weighted by molar-refractivity contribution is 5.87. The van der Waals surface area contributed by atoms with E-state index in [1.807, 2.05) is 68.8 Å². The average molecular weight is 591 g/mol. The summed E-state index contributed by atoms with van der Waals surface area (Å²) in [5.74, 6) is 5.19. The van der Waals surface area contributed by atoms with Crippen LogP contribution in [-0.2, 0) is 16.6 Å². The molecule has 6 rings (SSSR count). The second kappa shape index (κ2) is 11.8. The number of nitrogens with one attached hydrogen (secondary N) is 1. The zero-order valence-corrected chi connectivity index (χ0v) is 25.2. The molecule has 0 saturated carbocycles. The summed E-state index contributed by atoms with van der Waals surface area (Å²) in [4.78, 5) is 37.1. The minimum Gasteiger partial charge on any atom is -0.460 e. The van der Waals surface area contributed by atoms with Gasteiger partial charge >= 0.3 is 5.97 Å². The summed E-state index contributed by atoms with van der Waals surface area (Å²) < 4.78 is 13.6. The SMILES string of the molecule is C#Cc1cc(Nc2ncnc3cnc(N4CCC(CC(=O)OC(C)(C)C)CC4)nc23)ccc1Oc1ccc2c(c1)ncn2C. The van der Waals surface area contributed by atoms with Crippen molar-refractivity contribution in [2.24, 2.45) is 13.0 Å². The number of anilines is 3. The Kier molecular flexibility index (Phi) is 7.74. The average Bonchev–Trinajstić information content (AvgIpc) is 3.37. The Balaban J connectivity index is 1.16. The quantitative estimate of drug-likeness (QED) is 0.185. The molecule has 1 fully saturated rings. The molecule has 2 aromatic carbocycles. The van der Waals surface area contributed by atoms with Crippen LogP contribution in [0.2, 0.25) is 0 Å². The molecule has 0 atom stereocenters. The van der Waals surface area contributed by atoms with Gasteiger partial charge in [-0.1, -0.05) is 5.92 Å². The molecule has 1 aliphatic rings. The van der Waals surface area contributed by atoms with Crippen molar-refractivity contribution < 1.29 is 14.3 Å². The first-order valence-corrected chi connectivity index (χ1v) is 14.6. The number of aryl methyl sites for hydroxylation is 1. The molecule has 0 bridgehead atoms. The number of fused-ring (bicyclic) bond motifs is 2. The molecule has 44 heavy (non-hydrogen) atoms. The molecule has 11 nitrogen and oxygen atoms in total. The standard InChI is InChI=1S/C33H34N8O3/c1-6-22-16-23(7-10-28(22)43-24-8-9-27-25(17-24)37-20-40(27)5)38-31-30-26(35-19-36-31)18-34-32(39-30)41-13-11-21(12-14-41)15-29(42)44-33(2,3)4/h1,7-10,16-21H,11-15H2,2-5H3,(H,35,36,38). The van der Waals surface area contributed by atoms with E-state index in [-0.39, 0.29) is 11.9 Å². The van der Waals surface area contributed by atoms with Gasteiger partial charge in [-0.3, -0.25) is 4.79 Å². The van der Waals surface area contributed by atoms with Crippen molar-refractivity contribution in [3.63, 3.8) is 0 Å². The first kappa shape index (κ1) is 28.9. The Labute approximate surface area is 255 Å². The van der Waals surface area contributed by atoms with Crippen LogP contribution in [0.4, 0.5) is 17.5 Å². The number of ether oxygens (including phenoxy) is 2. The Bertz CT molecular complexity index is 1880. The lowest BCUT2D eigenvalue weighted by atomic mass is 9.93. The van der Waals surface area contributed by atoms with Crippen LogP contribution in [0.1, 0.15) is 45.6 Å². The van der Waals surface area contributed by atoms with Gasteiger partial charge in [-0.15, -0.1) is 6.42 Å². The number of imidazole rings is 1. The number of carbonyl (C=O) groups is 1. The molecule has 1 saturated heterocycles. The molecular formula is C33H34N8O3. The number of piperidine rings is 1. The van der Waals surface area contributed by atoms with Crippen molar-refractivity contribution in [3.8, 4) is 23.8 Å². The Hall–Kier alpha value is -5.24. The number of carbonyl (C=O) groups excluding carboxylic acids is 1. The molecule has 3 aromatic heterocycles. The van der Waals surface area contributed by atoms with Crippen molar-refractivity contribution in [1.29, 1.82) is 0 Å². The van der Waals surface area contributed by atoms with Crippen LogP contribution in [0, 0.1) is 18.3 Å². The molecule has 0 radical (unpaired) electrons. The van der Waals surface area contributed by atoms with E-state index in [0.717, 1.165) is 42.7 Å². The third-order valence-corrected chi connectivity index (χ3v) is 7.46. The molecule has 5 aromatic rings. The highest BCUT2D eigenvalue weighted by atomic mass is 16.6. The highest BCUT2D eigenvalue weighted by Gasteiger charge is 2.26. The van der Waals surface area contributed by atoms with Gasteiger partial charge in [-0.25, -0.2) is 24.9 Å². The summed E-state index contributed by atoms with van der Waals surface area (Å²) >= 11 is 0. The fraction of sp³-hybridized carbons (Fsp3) is 0.333. The largest absolute Gasteiger partial charge is 0.460 e. The van der Waals surface area contributed by atoms with Gasteiger partial charge in [-0.05, 0) is 69.9 Å². The topological polar surface area (TPSA) is 120 Å². The molecule has 0 spiro atoms. The van der Waals surface area contributed by atoms with Gasteiger partial charge in [0, 0.05) is 38.3 Å². The van der Waals surface area contributed by atoms with Gasteiger partial charge in [0.25, 0.3) is 0 Å². The first-order chi connectivity index (χ1) is 21.1. The van der Waals surface area contributed by atoms with E-state index in [9.17, 15) is 4.79 Å². The van der Waals surface area contributed by atoms with E-state index < -0.39 is 5.60 Å². The van der Waals surface area contributed by atoms with E-state index in [4.69, 9.17) is 20.9 Å². The number of esters is 1. The highest BCUT2D eigenvalue weighted by Crippen LogP contribution is 2.31. The molecule has 1 N–H and O–H groups in total. The van der Waals surface area contributed by atoms with Crippen LogP contribution in [0.25, 0.3) is 22.1 Å². The summed E-state index contributed by atoms with van der Waals surface area (Å²) in [5, 5.41) is 3.34. The molecule has 11 heteroatoms. The van der Waals surface area contributed by atoms with Gasteiger partial charge in [0.15, 0.2) is 5.82 Å². The number of terminal acetylenes is 1. The minimum atomic E-state index is -0.474. The van der Waals surface area contributed by atoms with Crippen molar-refractivity contribution in [2.75, 3.05) is 23.3 Å². The second-order valence-corrected chi connectivity index (χ2v) is 11.9. The molecule has 4 heterocycles. The zero-order chi connectivity index (χ0) is 30.8. The van der Waals surface area contributed by atoms with Crippen molar-refractivity contribution in [1.82, 2.24) is 29.5 Å². The molecular weight excluding hydrogens is 556 g/mol. The monoisotopic (exact) mass is 590 g/mol. The smallest absolute Gasteiger partial charge is 0.306 e. The van der Waals surface area contributed by atoms with Crippen LogP contribution in [0.5, 0.6) is 11.5 Å². The molecule has 0 unspecified atom stereocenters. The molecule has 0 amide bonds. The number of hydrogen-bond acceptors (Lipinski definition) is 10. The minimum absolute atomic E-state index is 0.149. The lowest BCUT2D eigenvalue weighted by Gasteiger charge is -2.32. The van der Waals surface area contributed by atoms with E-state index in [1.54, 1.807) is 12.5 Å². The number of benzene rings is 2. The maximum atomic E-state index is 12.3. The fourth-order valence-electron chi connectivity index (χ4n) is 5.30. The number of nitrogens with zero attached hydrogens (tertiary/aromatic N) is 7. The van der Waals surface area contributed by atoms with Crippen LogP contribution in [0.3, 0.4) is 0 Å². The lowest BCUT2D eigenvalue weighted by Crippen LogP contribution is -2.36. The van der Waals surface area contributed by atoms with Gasteiger partial charge < -0.3 is 24.3 Å². The van der Waals surface area contributed by atoms with E-state index >= 15 is 0 Å². The van der Waals surface area contributed by atoms with Gasteiger partial charge in [0.05, 0.1) is 29.1 Å². The first-order valence-electron chi connectivity index (χ1n) is 14.6. The normalized spacial score (nSPS) is 14.0. The predicted molar refractivity (Wildman–Crippen MR) is 169 cm³/mol. The number of aromatic nitrogens is 6. The van der Waals surface area contributed by atoms with Crippen molar-refractivity contribution in [2.45, 2.75) is 45.6 Å². The fourth-order valence-corrected chi connectivity index (χ4v) is 5.30. The summed E-state index contributed by atoms with van der Waals surface area (Å²) in [6, 6.07) is 11.3. The van der Waals surface area contributed by atoms with Gasteiger partial charge in [0.1, 0.15) is 34.5 Å². The van der Waals surface area contributed by atoms with E-state index in [0.29, 0.717) is 46.3 Å². The van der Waals surface area contributed by atoms with E-state index in [2.05, 4.69) is 36.1 Å². The summed E-state index contributed by atoms with van der Waals surface area (Å²) in [6.07, 6.45) is 13.0. The lowest BCUT2D eigenvalue weighted by molar-refractivity contribution is -0.156. The van der Waals surface area contributed by atoms with Crippen LogP contribution < -0.4 is 15.0 Å². The third kappa shape index (κ3) is 6.39. The maximum Gasteiger partial charge on any atom is 0.306 e. The second-order valence-electron chi connectivity index (χ2n) is 11.9. The number of rotatable bonds is 7. The maximum absolute atomic E-state index is 12.3. The third-order valence-electron chi connectivity index (χ3n) is 7.46. The predicted octanol–water partition coefficient (Wildman–Crippen LogP) is 5.77. The summed E-state index contributed by atoms with van der Waals surface area (Å²) in [5.41, 5.74) is 3.91. The van der Waals surface area contributed by atoms with Crippen LogP contribution >= 0.6 is 0 Å². The Morgan fingerprint density at radius 2 is 1.89 bits per heavy atom. The van der Waals surface area contributed by atoms with Crippen molar-refractivity contribution in [3.05, 3.63) is 60.8 Å². The zero-order valence-electron chi connectivity index (χ0n) is 25.2. The molecule has 1 aliphatic heterocycles. The van der Waals surface area contributed by atoms with Gasteiger partial charge in [-0.2, -0.15) is 0 Å². The molecule has 0 aliphatic carbocycles. The number of hydrogen-bond donors (Lipinski definition) is 1. The molecule has 224 valence electrons. The Morgan fingerprint density at radius 3 is 2.66 bits per heavy atom. The van der Waals surface area contributed by atoms with Crippen LogP contribution in [0.15, 0.2) is 55.2 Å².